The molecular formula is C24H15N3O. The molecule has 0 N–H and O–H groups in total. The van der Waals surface area contributed by atoms with Crippen molar-refractivity contribution in [2.45, 2.75) is 0 Å². The van der Waals surface area contributed by atoms with Gasteiger partial charge in [-0.2, -0.15) is 5.26 Å². The average molecular weight is 361 g/mol. The van der Waals surface area contributed by atoms with Crippen molar-refractivity contribution in [2.75, 3.05) is 4.90 Å². The first kappa shape index (κ1) is 16.1. The predicted molar refractivity (Wildman–Crippen MR) is 109 cm³/mol. The number of nitriles is 1. The van der Waals surface area contributed by atoms with Crippen LogP contribution in [0.5, 0.6) is 11.5 Å². The van der Waals surface area contributed by atoms with Gasteiger partial charge in [-0.25, -0.2) is 0 Å². The van der Waals surface area contributed by atoms with Crippen LogP contribution in [-0.4, -0.2) is 4.98 Å². The normalized spacial score (nSPS) is 11.8. The van der Waals surface area contributed by atoms with Crippen molar-refractivity contribution in [3.63, 3.8) is 0 Å². The lowest BCUT2D eigenvalue weighted by molar-refractivity contribution is 0.477. The van der Waals surface area contributed by atoms with Crippen LogP contribution >= 0.6 is 0 Å². The Labute approximate surface area is 162 Å². The molecule has 0 spiro atoms. The van der Waals surface area contributed by atoms with E-state index in [0.717, 1.165) is 34.1 Å². The summed E-state index contributed by atoms with van der Waals surface area (Å²) in [7, 11) is 0. The number of pyridine rings is 1. The molecule has 132 valence electrons. The van der Waals surface area contributed by atoms with Gasteiger partial charge in [-0.15, -0.1) is 0 Å². The summed E-state index contributed by atoms with van der Waals surface area (Å²) in [6.45, 7) is 0. The van der Waals surface area contributed by atoms with Gasteiger partial charge in [0.1, 0.15) is 6.07 Å². The van der Waals surface area contributed by atoms with E-state index in [1.165, 1.54) is 0 Å². The maximum Gasteiger partial charge on any atom is 0.151 e. The van der Waals surface area contributed by atoms with Crippen molar-refractivity contribution in [3.05, 3.63) is 96.7 Å². The lowest BCUT2D eigenvalue weighted by Gasteiger charge is -2.32. The largest absolute Gasteiger partial charge is 0.453 e. The molecule has 1 aliphatic heterocycles. The molecule has 0 amide bonds. The summed E-state index contributed by atoms with van der Waals surface area (Å²) in [5.41, 5.74) is 5.07. The summed E-state index contributed by atoms with van der Waals surface area (Å²) in [5.74, 6) is 1.62. The maximum absolute atomic E-state index is 9.44. The summed E-state index contributed by atoms with van der Waals surface area (Å²) < 4.78 is 6.08. The summed E-state index contributed by atoms with van der Waals surface area (Å²) in [6.07, 6.45) is 1.71. The molecule has 4 aromatic rings. The first-order valence-corrected chi connectivity index (χ1v) is 8.97. The lowest BCUT2D eigenvalue weighted by atomic mass is 10.0. The first-order valence-electron chi connectivity index (χ1n) is 8.97. The third kappa shape index (κ3) is 2.58. The minimum atomic E-state index is 0.558. The average Bonchev–Trinajstić information content (AvgIpc) is 2.77. The van der Waals surface area contributed by atoms with Gasteiger partial charge in [0.2, 0.25) is 0 Å². The molecular weight excluding hydrogens is 346 g/mol. The number of nitrogens with zero attached hydrogens (tertiary/aromatic N) is 3. The predicted octanol–water partition coefficient (Wildman–Crippen LogP) is 6.20. The number of rotatable bonds is 2. The van der Waals surface area contributed by atoms with Crippen LogP contribution in [0.1, 0.15) is 5.56 Å². The molecule has 0 atom stereocenters. The Morgan fingerprint density at radius 2 is 1.50 bits per heavy atom. The van der Waals surface area contributed by atoms with E-state index in [1.54, 1.807) is 18.3 Å². The van der Waals surface area contributed by atoms with Crippen LogP contribution < -0.4 is 9.64 Å². The van der Waals surface area contributed by atoms with Crippen LogP contribution in [0.15, 0.2) is 91.1 Å². The van der Waals surface area contributed by atoms with Gasteiger partial charge in [0.15, 0.2) is 11.5 Å². The monoisotopic (exact) mass is 361 g/mol. The second kappa shape index (κ2) is 6.57. The molecule has 0 radical (unpaired) electrons. The molecule has 0 bridgehead atoms. The van der Waals surface area contributed by atoms with Gasteiger partial charge in [-0.3, -0.25) is 4.98 Å². The summed E-state index contributed by atoms with van der Waals surface area (Å²) in [4.78, 5) is 6.60. The Morgan fingerprint density at radius 3 is 2.21 bits per heavy atom. The molecule has 0 aliphatic carbocycles. The van der Waals surface area contributed by atoms with Crippen LogP contribution in [0, 0.1) is 11.3 Å². The summed E-state index contributed by atoms with van der Waals surface area (Å²) in [6, 6.07) is 29.8. The molecule has 0 saturated heterocycles. The highest BCUT2D eigenvalue weighted by Gasteiger charge is 2.25. The van der Waals surface area contributed by atoms with Crippen LogP contribution in [0.3, 0.4) is 0 Å². The standard InChI is InChI=1S/C24H15N3O/c25-16-18-8-6-14-26-24(18)17-7-5-9-19(15-17)27-20-10-1-3-12-22(20)28-23-13-4-2-11-21(23)27/h1-15H. The van der Waals surface area contributed by atoms with E-state index in [9.17, 15) is 5.26 Å². The lowest BCUT2D eigenvalue weighted by Crippen LogP contribution is -2.15. The summed E-state index contributed by atoms with van der Waals surface area (Å²) >= 11 is 0. The second-order valence-electron chi connectivity index (χ2n) is 6.43. The Bertz CT molecular complexity index is 1180. The van der Waals surface area contributed by atoms with Crippen LogP contribution in [0.25, 0.3) is 11.3 Å². The van der Waals surface area contributed by atoms with Crippen molar-refractivity contribution in [3.8, 4) is 28.8 Å². The highest BCUT2D eigenvalue weighted by molar-refractivity contribution is 5.87. The number of hydrogen-bond donors (Lipinski definition) is 0. The molecule has 4 nitrogen and oxygen atoms in total. The fourth-order valence-corrected chi connectivity index (χ4v) is 3.50. The van der Waals surface area contributed by atoms with Crippen molar-refractivity contribution < 1.29 is 4.74 Å². The highest BCUT2D eigenvalue weighted by atomic mass is 16.5. The maximum atomic E-state index is 9.44. The van der Waals surface area contributed by atoms with Crippen molar-refractivity contribution in [1.29, 1.82) is 5.26 Å². The molecule has 1 aromatic heterocycles. The molecule has 0 fully saturated rings. The van der Waals surface area contributed by atoms with Gasteiger partial charge in [-0.1, -0.05) is 36.4 Å². The SMILES string of the molecule is N#Cc1cccnc1-c1cccc(N2c3ccccc3Oc3ccccc32)c1. The zero-order chi connectivity index (χ0) is 18.9. The van der Waals surface area contributed by atoms with E-state index in [4.69, 9.17) is 4.74 Å². The van der Waals surface area contributed by atoms with E-state index >= 15 is 0 Å². The molecule has 3 aromatic carbocycles. The Morgan fingerprint density at radius 1 is 0.786 bits per heavy atom. The number of fused-ring (bicyclic) bond motifs is 2. The number of ether oxygens (including phenoxy) is 1. The van der Waals surface area contributed by atoms with E-state index < -0.39 is 0 Å². The zero-order valence-corrected chi connectivity index (χ0v) is 14.9. The molecule has 4 heteroatoms. The number of anilines is 3. The number of para-hydroxylation sites is 4. The van der Waals surface area contributed by atoms with Crippen LogP contribution in [0.2, 0.25) is 0 Å². The van der Waals surface area contributed by atoms with Crippen molar-refractivity contribution >= 4 is 17.1 Å². The molecule has 0 unspecified atom stereocenters. The molecule has 28 heavy (non-hydrogen) atoms. The Balaban J connectivity index is 1.70. The zero-order valence-electron chi connectivity index (χ0n) is 14.9. The topological polar surface area (TPSA) is 49.2 Å². The van der Waals surface area contributed by atoms with E-state index in [2.05, 4.69) is 28.1 Å². The third-order valence-corrected chi connectivity index (χ3v) is 4.74. The van der Waals surface area contributed by atoms with E-state index in [0.29, 0.717) is 11.3 Å². The number of hydrogen-bond acceptors (Lipinski definition) is 4. The number of aromatic nitrogens is 1. The van der Waals surface area contributed by atoms with Gasteiger partial charge in [0.25, 0.3) is 0 Å². The second-order valence-corrected chi connectivity index (χ2v) is 6.43. The third-order valence-electron chi connectivity index (χ3n) is 4.74. The molecule has 1 aliphatic rings. The Kier molecular flexibility index (Phi) is 3.78. The van der Waals surface area contributed by atoms with E-state index in [-0.39, 0.29) is 0 Å². The first-order chi connectivity index (χ1) is 13.8. The van der Waals surface area contributed by atoms with Crippen molar-refractivity contribution in [2.24, 2.45) is 0 Å². The van der Waals surface area contributed by atoms with Gasteiger partial charge in [0, 0.05) is 17.4 Å². The highest BCUT2D eigenvalue weighted by Crippen LogP contribution is 2.50. The molecule has 5 rings (SSSR count). The van der Waals surface area contributed by atoms with Crippen LogP contribution in [-0.2, 0) is 0 Å². The summed E-state index contributed by atoms with van der Waals surface area (Å²) in [5, 5.41) is 9.44. The number of benzene rings is 3. The van der Waals surface area contributed by atoms with E-state index in [1.807, 2.05) is 60.7 Å². The van der Waals surface area contributed by atoms with Crippen molar-refractivity contribution in [1.82, 2.24) is 4.98 Å². The smallest absolute Gasteiger partial charge is 0.151 e. The minimum Gasteiger partial charge on any atom is -0.453 e. The van der Waals surface area contributed by atoms with Gasteiger partial charge in [0.05, 0.1) is 22.6 Å². The molecule has 2 heterocycles. The fourth-order valence-electron chi connectivity index (χ4n) is 3.50. The fraction of sp³-hybridized carbons (Fsp3) is 0. The Hall–Kier alpha value is -4.10. The quantitative estimate of drug-likeness (QED) is 0.376. The van der Waals surface area contributed by atoms with Gasteiger partial charge in [-0.05, 0) is 48.5 Å². The minimum absolute atomic E-state index is 0.558. The van der Waals surface area contributed by atoms with Gasteiger partial charge < -0.3 is 9.64 Å². The van der Waals surface area contributed by atoms with Crippen LogP contribution in [0.4, 0.5) is 17.1 Å². The van der Waals surface area contributed by atoms with Gasteiger partial charge >= 0.3 is 0 Å². The molecule has 0 saturated carbocycles.